The molecular weight excluding hydrogens is 609 g/mol. The monoisotopic (exact) mass is 636 g/mol. The van der Waals surface area contributed by atoms with Crippen LogP contribution in [0.2, 0.25) is 0 Å². The number of benzene rings is 2. The van der Waals surface area contributed by atoms with E-state index in [0.29, 0.717) is 79.1 Å². The van der Waals surface area contributed by atoms with Gasteiger partial charge in [0.2, 0.25) is 0 Å². The molecule has 4 aromatic rings. The van der Waals surface area contributed by atoms with Gasteiger partial charge in [0.1, 0.15) is 23.3 Å². The van der Waals surface area contributed by atoms with Crippen molar-refractivity contribution in [2.75, 3.05) is 13.1 Å². The zero-order chi connectivity index (χ0) is 31.1. The van der Waals surface area contributed by atoms with Crippen LogP contribution in [0.5, 0.6) is 0 Å². The lowest BCUT2D eigenvalue weighted by atomic mass is 10.1. The van der Waals surface area contributed by atoms with E-state index in [-0.39, 0.29) is 11.8 Å². The summed E-state index contributed by atoms with van der Waals surface area (Å²) in [6, 6.07) is 13.7. The van der Waals surface area contributed by atoms with E-state index in [4.69, 9.17) is 0 Å². The molecule has 2 aromatic heterocycles. The van der Waals surface area contributed by atoms with Crippen LogP contribution in [-0.4, -0.2) is 34.7 Å². The quantitative estimate of drug-likeness (QED) is 0.163. The first-order valence-corrected chi connectivity index (χ1v) is 16.1. The highest BCUT2D eigenvalue weighted by atomic mass is 32.1. The van der Waals surface area contributed by atoms with Gasteiger partial charge in [-0.2, -0.15) is 0 Å². The van der Waals surface area contributed by atoms with Crippen LogP contribution in [0.4, 0.5) is 17.6 Å². The third-order valence-corrected chi connectivity index (χ3v) is 9.91. The van der Waals surface area contributed by atoms with E-state index < -0.39 is 23.3 Å². The highest BCUT2D eigenvalue weighted by Crippen LogP contribution is 2.50. The van der Waals surface area contributed by atoms with Gasteiger partial charge in [0.15, 0.2) is 0 Å². The van der Waals surface area contributed by atoms with Crippen molar-refractivity contribution in [3.05, 3.63) is 105 Å². The van der Waals surface area contributed by atoms with Gasteiger partial charge in [-0.05, 0) is 72.5 Å². The summed E-state index contributed by atoms with van der Waals surface area (Å²) < 4.78 is 56.0. The highest BCUT2D eigenvalue weighted by molar-refractivity contribution is 7.17. The fourth-order valence-electron chi connectivity index (χ4n) is 5.60. The molecule has 0 N–H and O–H groups in total. The van der Waals surface area contributed by atoms with Crippen molar-refractivity contribution >= 4 is 45.9 Å². The fourth-order valence-corrected chi connectivity index (χ4v) is 7.71. The molecule has 0 fully saturated rings. The molecule has 44 heavy (non-hydrogen) atoms. The summed E-state index contributed by atoms with van der Waals surface area (Å²) in [5, 5.41) is 0. The van der Waals surface area contributed by atoms with Crippen molar-refractivity contribution in [1.82, 2.24) is 9.80 Å². The minimum Gasteiger partial charge on any atom is -0.306 e. The first-order chi connectivity index (χ1) is 21.2. The molecule has 4 nitrogen and oxygen atoms in total. The first kappa shape index (κ1) is 30.0. The van der Waals surface area contributed by atoms with Gasteiger partial charge in [-0.15, -0.1) is 22.7 Å². The summed E-state index contributed by atoms with van der Waals surface area (Å²) >= 11 is 2.53. The van der Waals surface area contributed by atoms with Gasteiger partial charge >= 0.3 is 0 Å². The van der Waals surface area contributed by atoms with Gasteiger partial charge < -0.3 is 9.80 Å². The maximum absolute atomic E-state index is 14.2. The zero-order valence-corrected chi connectivity index (χ0v) is 25.7. The number of rotatable bonds is 10. The predicted octanol–water partition coefficient (Wildman–Crippen LogP) is 9.11. The second kappa shape index (κ2) is 12.2. The average Bonchev–Trinajstić information content (AvgIpc) is 3.75. The molecule has 10 heteroatoms. The Hall–Kier alpha value is -4.02. The smallest absolute Gasteiger partial charge is 0.261 e. The standard InChI is InChI=1S/C34H28F4N2O2S2/c1-3-5-11-39-31(27-9-7-25(43-27)19-13-21(35)17-22(36)14-19)29-30(33(39)41)32(40(34(29)42)12-6-4-2)28-10-8-26(44-28)20-15-23(37)18-24(38)16-20/h7-10,13-18H,3-6,11-12H2,1-2H3. The van der Waals surface area contributed by atoms with Crippen molar-refractivity contribution in [1.29, 1.82) is 0 Å². The molecule has 0 unspecified atom stereocenters. The Bertz CT molecular complexity index is 1680. The van der Waals surface area contributed by atoms with Crippen LogP contribution in [0.1, 0.15) is 49.3 Å². The minimum atomic E-state index is -0.693. The zero-order valence-electron chi connectivity index (χ0n) is 24.1. The molecule has 6 rings (SSSR count). The van der Waals surface area contributed by atoms with Gasteiger partial charge in [-0.1, -0.05) is 26.7 Å². The second-order valence-electron chi connectivity index (χ2n) is 10.7. The van der Waals surface area contributed by atoms with E-state index in [1.165, 1.54) is 46.9 Å². The normalized spacial score (nSPS) is 15.0. The molecule has 4 heterocycles. The number of carbonyl (C=O) groups excluding carboxylic acids is 2. The molecule has 2 aliphatic rings. The molecule has 0 saturated heterocycles. The van der Waals surface area contributed by atoms with E-state index in [2.05, 4.69) is 0 Å². The molecule has 0 saturated carbocycles. The molecule has 0 aliphatic carbocycles. The Kier molecular flexibility index (Phi) is 8.30. The molecule has 2 aromatic carbocycles. The Balaban J connectivity index is 1.51. The van der Waals surface area contributed by atoms with Gasteiger partial charge in [0.25, 0.3) is 11.8 Å². The number of halogens is 4. The van der Waals surface area contributed by atoms with Crippen molar-refractivity contribution in [3.8, 4) is 20.9 Å². The molecule has 2 aliphatic heterocycles. The van der Waals surface area contributed by atoms with E-state index in [9.17, 15) is 27.2 Å². The van der Waals surface area contributed by atoms with E-state index in [1.54, 1.807) is 34.1 Å². The van der Waals surface area contributed by atoms with Crippen LogP contribution >= 0.6 is 22.7 Å². The lowest BCUT2D eigenvalue weighted by Crippen LogP contribution is -2.30. The summed E-state index contributed by atoms with van der Waals surface area (Å²) in [6.07, 6.45) is 3.07. The summed E-state index contributed by atoms with van der Waals surface area (Å²) in [4.78, 5) is 34.2. The van der Waals surface area contributed by atoms with Crippen LogP contribution < -0.4 is 0 Å². The summed E-state index contributed by atoms with van der Waals surface area (Å²) in [6.45, 7) is 4.82. The van der Waals surface area contributed by atoms with Crippen molar-refractivity contribution < 1.29 is 27.2 Å². The average molecular weight is 637 g/mol. The second-order valence-corrected chi connectivity index (χ2v) is 12.9. The number of thiophene rings is 2. The number of nitrogens with zero attached hydrogens (tertiary/aromatic N) is 2. The van der Waals surface area contributed by atoms with Crippen molar-refractivity contribution in [2.24, 2.45) is 0 Å². The van der Waals surface area contributed by atoms with Crippen LogP contribution in [0, 0.1) is 23.3 Å². The number of hydrogen-bond donors (Lipinski definition) is 0. The SMILES string of the molecule is CCCCN1C(=O)C2=C(c3ccc(-c4cc(F)cc(F)c4)s3)N(CCCC)C(=O)C2=C1c1ccc(-c2cc(F)cc(F)c2)s1. The highest BCUT2D eigenvalue weighted by Gasteiger charge is 2.49. The van der Waals surface area contributed by atoms with Gasteiger partial charge in [-0.25, -0.2) is 17.6 Å². The largest absolute Gasteiger partial charge is 0.306 e. The Morgan fingerprint density at radius 1 is 0.545 bits per heavy atom. The minimum absolute atomic E-state index is 0.288. The van der Waals surface area contributed by atoms with Gasteiger partial charge in [0, 0.05) is 35.0 Å². The van der Waals surface area contributed by atoms with Crippen LogP contribution in [0.3, 0.4) is 0 Å². The Labute approximate surface area is 260 Å². The van der Waals surface area contributed by atoms with Crippen LogP contribution in [-0.2, 0) is 9.59 Å². The van der Waals surface area contributed by atoms with Crippen molar-refractivity contribution in [2.45, 2.75) is 39.5 Å². The molecule has 2 amide bonds. The van der Waals surface area contributed by atoms with Crippen molar-refractivity contribution in [3.63, 3.8) is 0 Å². The maximum Gasteiger partial charge on any atom is 0.261 e. The lowest BCUT2D eigenvalue weighted by molar-refractivity contribution is -0.124. The summed E-state index contributed by atoms with van der Waals surface area (Å²) in [7, 11) is 0. The molecule has 0 atom stereocenters. The summed E-state index contributed by atoms with van der Waals surface area (Å²) in [5.41, 5.74) is 2.35. The van der Waals surface area contributed by atoms with Crippen LogP contribution in [0.25, 0.3) is 32.3 Å². The molecule has 0 spiro atoms. The van der Waals surface area contributed by atoms with E-state index in [0.717, 1.165) is 25.0 Å². The number of unbranched alkanes of at least 4 members (excludes halogenated alkanes) is 2. The van der Waals surface area contributed by atoms with E-state index in [1.807, 2.05) is 13.8 Å². The number of fused-ring (bicyclic) bond motifs is 1. The van der Waals surface area contributed by atoms with Gasteiger partial charge in [0.05, 0.1) is 32.3 Å². The molecule has 0 radical (unpaired) electrons. The Morgan fingerprint density at radius 3 is 1.23 bits per heavy atom. The predicted molar refractivity (Wildman–Crippen MR) is 166 cm³/mol. The first-order valence-electron chi connectivity index (χ1n) is 14.5. The molecule has 226 valence electrons. The topological polar surface area (TPSA) is 40.6 Å². The van der Waals surface area contributed by atoms with Crippen LogP contribution in [0.15, 0.2) is 71.8 Å². The number of hydrogen-bond acceptors (Lipinski definition) is 4. The maximum atomic E-state index is 14.2. The lowest BCUT2D eigenvalue weighted by Gasteiger charge is -2.24. The molecular formula is C34H28F4N2O2S2. The van der Waals surface area contributed by atoms with E-state index >= 15 is 0 Å². The number of carbonyl (C=O) groups is 2. The molecule has 0 bridgehead atoms. The summed E-state index contributed by atoms with van der Waals surface area (Å²) in [5.74, 6) is -3.35. The Morgan fingerprint density at radius 2 is 0.886 bits per heavy atom. The number of amides is 2. The third-order valence-electron chi connectivity index (χ3n) is 7.62. The third kappa shape index (κ3) is 5.41. The fraction of sp³-hybridized carbons (Fsp3) is 0.235. The van der Waals surface area contributed by atoms with Gasteiger partial charge in [-0.3, -0.25) is 9.59 Å².